The summed E-state index contributed by atoms with van der Waals surface area (Å²) in [5.74, 6) is 1.91. The Morgan fingerprint density at radius 1 is 1.14 bits per heavy atom. The highest BCUT2D eigenvalue weighted by molar-refractivity contribution is 6.08. The summed E-state index contributed by atoms with van der Waals surface area (Å²) >= 11 is 0. The van der Waals surface area contributed by atoms with Crippen LogP contribution in [0.5, 0.6) is 5.75 Å². The van der Waals surface area contributed by atoms with Crippen LogP contribution in [0.4, 0.5) is 11.4 Å². The van der Waals surface area contributed by atoms with Gasteiger partial charge in [0.15, 0.2) is 5.69 Å². The first-order valence-corrected chi connectivity index (χ1v) is 10.5. The molecule has 2 fully saturated rings. The smallest absolute Gasteiger partial charge is 0.276 e. The monoisotopic (exact) mass is 390 g/mol. The second-order valence-electron chi connectivity index (χ2n) is 7.94. The van der Waals surface area contributed by atoms with Crippen LogP contribution in [0.25, 0.3) is 5.52 Å². The predicted octanol–water partition coefficient (Wildman–Crippen LogP) is 4.46. The van der Waals surface area contributed by atoms with Crippen LogP contribution in [0.3, 0.4) is 0 Å². The molecule has 150 valence electrons. The number of methoxy groups -OCH3 is 1. The predicted molar refractivity (Wildman–Crippen MR) is 114 cm³/mol. The third kappa shape index (κ3) is 3.43. The maximum absolute atomic E-state index is 13.2. The summed E-state index contributed by atoms with van der Waals surface area (Å²) in [7, 11) is 1.63. The van der Waals surface area contributed by atoms with Gasteiger partial charge in [-0.2, -0.15) is 0 Å². The molecule has 0 spiro atoms. The van der Waals surface area contributed by atoms with Crippen molar-refractivity contribution in [3.63, 3.8) is 0 Å². The summed E-state index contributed by atoms with van der Waals surface area (Å²) in [6.07, 6.45) is 7.97. The third-order valence-corrected chi connectivity index (χ3v) is 5.89. The van der Waals surface area contributed by atoms with E-state index in [0.717, 1.165) is 43.0 Å². The first-order chi connectivity index (χ1) is 14.2. The van der Waals surface area contributed by atoms with E-state index in [4.69, 9.17) is 9.72 Å². The van der Waals surface area contributed by atoms with Crippen LogP contribution in [0.15, 0.2) is 42.6 Å². The average Bonchev–Trinajstić information content (AvgIpc) is 3.54. The number of hydrogen-bond acceptors (Lipinski definition) is 4. The van der Waals surface area contributed by atoms with Gasteiger partial charge in [-0.15, -0.1) is 0 Å². The number of rotatable bonds is 5. The highest BCUT2D eigenvalue weighted by Crippen LogP contribution is 2.40. The molecule has 0 atom stereocenters. The van der Waals surface area contributed by atoms with E-state index >= 15 is 0 Å². The number of benzene rings is 1. The van der Waals surface area contributed by atoms with Gasteiger partial charge in [-0.25, -0.2) is 4.98 Å². The van der Waals surface area contributed by atoms with Crippen LogP contribution in [0.1, 0.15) is 54.3 Å². The van der Waals surface area contributed by atoms with E-state index in [2.05, 4.69) is 16.3 Å². The Morgan fingerprint density at radius 2 is 1.97 bits per heavy atom. The molecule has 1 saturated carbocycles. The molecular weight excluding hydrogens is 364 g/mol. The van der Waals surface area contributed by atoms with Crippen LogP contribution >= 0.6 is 0 Å². The number of carbonyl (C=O) groups excluding carboxylic acids is 1. The van der Waals surface area contributed by atoms with E-state index in [-0.39, 0.29) is 5.91 Å². The number of ether oxygens (including phenoxy) is 1. The first kappa shape index (κ1) is 18.0. The minimum absolute atomic E-state index is 0.199. The van der Waals surface area contributed by atoms with Gasteiger partial charge in [-0.05, 0) is 62.4 Å². The van der Waals surface area contributed by atoms with Crippen molar-refractivity contribution in [3.8, 4) is 5.75 Å². The number of anilines is 2. The summed E-state index contributed by atoms with van der Waals surface area (Å²) in [6.45, 7) is 2.10. The van der Waals surface area contributed by atoms with Gasteiger partial charge in [0.2, 0.25) is 0 Å². The van der Waals surface area contributed by atoms with Gasteiger partial charge in [-0.1, -0.05) is 6.07 Å². The lowest BCUT2D eigenvalue weighted by Gasteiger charge is -2.29. The molecule has 3 heterocycles. The molecular formula is C23H26N4O2. The molecule has 1 N–H and O–H groups in total. The van der Waals surface area contributed by atoms with Crippen molar-refractivity contribution in [2.75, 3.05) is 30.4 Å². The van der Waals surface area contributed by atoms with Crippen molar-refractivity contribution in [1.82, 2.24) is 9.38 Å². The average molecular weight is 390 g/mol. The highest BCUT2D eigenvalue weighted by atomic mass is 16.5. The van der Waals surface area contributed by atoms with Crippen molar-refractivity contribution in [2.45, 2.75) is 38.0 Å². The second kappa shape index (κ2) is 7.43. The van der Waals surface area contributed by atoms with Crippen LogP contribution in [-0.2, 0) is 0 Å². The largest absolute Gasteiger partial charge is 0.495 e. The van der Waals surface area contributed by atoms with Crippen molar-refractivity contribution in [3.05, 3.63) is 54.1 Å². The fourth-order valence-corrected chi connectivity index (χ4v) is 4.18. The summed E-state index contributed by atoms with van der Waals surface area (Å²) in [4.78, 5) is 20.3. The lowest BCUT2D eigenvalue weighted by molar-refractivity contribution is 0.102. The fraction of sp³-hybridized carbons (Fsp3) is 0.391. The number of carbonyl (C=O) groups is 1. The number of nitrogens with one attached hydrogen (secondary N) is 1. The minimum atomic E-state index is -0.199. The number of amides is 1. The number of hydrogen-bond donors (Lipinski definition) is 1. The molecule has 1 saturated heterocycles. The van der Waals surface area contributed by atoms with E-state index in [9.17, 15) is 4.79 Å². The van der Waals surface area contributed by atoms with Crippen LogP contribution in [-0.4, -0.2) is 35.5 Å². The van der Waals surface area contributed by atoms with Gasteiger partial charge in [-0.3, -0.25) is 4.79 Å². The van der Waals surface area contributed by atoms with E-state index < -0.39 is 0 Å². The Kier molecular flexibility index (Phi) is 4.62. The molecule has 1 aromatic carbocycles. The minimum Gasteiger partial charge on any atom is -0.495 e. The molecule has 29 heavy (non-hydrogen) atoms. The Bertz CT molecular complexity index is 1050. The normalized spacial score (nSPS) is 16.8. The maximum atomic E-state index is 13.2. The molecule has 1 aliphatic carbocycles. The first-order valence-electron chi connectivity index (χ1n) is 10.5. The van der Waals surface area contributed by atoms with E-state index in [1.807, 2.05) is 40.9 Å². The van der Waals surface area contributed by atoms with Crippen LogP contribution in [0, 0.1) is 0 Å². The summed E-state index contributed by atoms with van der Waals surface area (Å²) in [5, 5.41) is 3.06. The Morgan fingerprint density at radius 3 is 2.72 bits per heavy atom. The van der Waals surface area contributed by atoms with Gasteiger partial charge in [0.1, 0.15) is 11.6 Å². The summed E-state index contributed by atoms with van der Waals surface area (Å²) in [5.41, 5.74) is 3.12. The lowest BCUT2D eigenvalue weighted by Crippen LogP contribution is -2.29. The Hall–Kier alpha value is -3.02. The van der Waals surface area contributed by atoms with Crippen molar-refractivity contribution >= 4 is 22.8 Å². The van der Waals surface area contributed by atoms with Gasteiger partial charge < -0.3 is 19.4 Å². The van der Waals surface area contributed by atoms with Crippen LogP contribution < -0.4 is 15.0 Å². The maximum Gasteiger partial charge on any atom is 0.276 e. The van der Waals surface area contributed by atoms with E-state index in [0.29, 0.717) is 23.0 Å². The highest BCUT2D eigenvalue weighted by Gasteiger charge is 2.30. The van der Waals surface area contributed by atoms with Crippen molar-refractivity contribution in [2.24, 2.45) is 0 Å². The van der Waals surface area contributed by atoms with E-state index in [1.54, 1.807) is 7.11 Å². The molecule has 0 radical (unpaired) electrons. The van der Waals surface area contributed by atoms with Gasteiger partial charge in [0.25, 0.3) is 5.91 Å². The molecule has 6 heteroatoms. The standard InChI is InChI=1S/C23H26N4O2/c1-29-20-11-10-17(26-12-4-2-5-13-26)15-18(20)24-23(28)21-19-7-3-6-14-27(19)22(25-21)16-8-9-16/h3,6-7,10-11,14-16H,2,4-5,8-9,12-13H2,1H3,(H,24,28). The Balaban J connectivity index is 1.47. The molecule has 1 amide bonds. The van der Waals surface area contributed by atoms with Crippen LogP contribution in [0.2, 0.25) is 0 Å². The zero-order chi connectivity index (χ0) is 19.8. The number of nitrogens with zero attached hydrogens (tertiary/aromatic N) is 3. The van der Waals surface area contributed by atoms with Gasteiger partial charge in [0.05, 0.1) is 18.3 Å². The SMILES string of the molecule is COc1ccc(N2CCCCC2)cc1NC(=O)c1nc(C2CC2)n2ccccc12. The zero-order valence-corrected chi connectivity index (χ0v) is 16.7. The summed E-state index contributed by atoms with van der Waals surface area (Å²) in [6, 6.07) is 11.9. The quantitative estimate of drug-likeness (QED) is 0.699. The number of aromatic nitrogens is 2. The molecule has 2 aromatic heterocycles. The topological polar surface area (TPSA) is 58.9 Å². The number of imidazole rings is 1. The second-order valence-corrected chi connectivity index (χ2v) is 7.94. The number of piperidine rings is 1. The lowest BCUT2D eigenvalue weighted by atomic mass is 10.1. The Labute approximate surface area is 170 Å². The molecule has 2 aliphatic rings. The summed E-state index contributed by atoms with van der Waals surface area (Å²) < 4.78 is 7.56. The zero-order valence-electron chi connectivity index (χ0n) is 16.7. The third-order valence-electron chi connectivity index (χ3n) is 5.89. The van der Waals surface area contributed by atoms with Crippen molar-refractivity contribution < 1.29 is 9.53 Å². The molecule has 0 unspecified atom stereocenters. The molecule has 1 aliphatic heterocycles. The number of pyridine rings is 1. The van der Waals surface area contributed by atoms with Gasteiger partial charge in [0, 0.05) is 30.9 Å². The van der Waals surface area contributed by atoms with Gasteiger partial charge >= 0.3 is 0 Å². The number of fused-ring (bicyclic) bond motifs is 1. The molecule has 6 nitrogen and oxygen atoms in total. The molecule has 5 rings (SSSR count). The fourth-order valence-electron chi connectivity index (χ4n) is 4.18. The molecule has 0 bridgehead atoms. The van der Waals surface area contributed by atoms with E-state index in [1.165, 1.54) is 19.3 Å². The van der Waals surface area contributed by atoms with Crippen molar-refractivity contribution in [1.29, 1.82) is 0 Å². The molecule has 3 aromatic rings.